The van der Waals surface area contributed by atoms with Crippen LogP contribution in [0.1, 0.15) is 27.0 Å². The van der Waals surface area contributed by atoms with Crippen molar-refractivity contribution < 1.29 is 4.79 Å². The molecule has 0 radical (unpaired) electrons. The lowest BCUT2D eigenvalue weighted by Crippen LogP contribution is -2.46. The number of piperazine rings is 1. The topological polar surface area (TPSA) is 61.4 Å². The van der Waals surface area contributed by atoms with Crippen LogP contribution in [0, 0.1) is 0 Å². The highest BCUT2D eigenvalue weighted by molar-refractivity contribution is 7.98. The van der Waals surface area contributed by atoms with Crippen LogP contribution in [0.4, 0.5) is 5.82 Å². The van der Waals surface area contributed by atoms with Gasteiger partial charge in [-0.3, -0.25) is 9.69 Å². The highest BCUT2D eigenvalue weighted by atomic mass is 35.5. The van der Waals surface area contributed by atoms with Gasteiger partial charge in [0.2, 0.25) is 0 Å². The molecule has 5 rings (SSSR count). The third-order valence-corrected chi connectivity index (χ3v) is 7.84. The fourth-order valence-corrected chi connectivity index (χ4v) is 5.59. The van der Waals surface area contributed by atoms with E-state index in [0.717, 1.165) is 50.5 Å². The number of aromatic nitrogens is 2. The number of carbonyl (C=O) groups is 1. The molecule has 1 saturated heterocycles. The smallest absolute Gasteiger partial charge is 0.251 e. The molecule has 1 aliphatic rings. The molecule has 1 aliphatic heterocycles. The average Bonchev–Trinajstić information content (AvgIpc) is 2.97. The Morgan fingerprint density at radius 3 is 2.18 bits per heavy atom. The molecule has 2 heterocycles. The molecule has 200 valence electrons. The first kappa shape index (κ1) is 27.2. The minimum absolute atomic E-state index is 0.0585. The third-order valence-electron chi connectivity index (χ3n) is 6.73. The number of hydrogen-bond acceptors (Lipinski definition) is 6. The standard InChI is InChI=1S/C31H32ClN5OS/c32-28-21-29(37-19-17-36(18-20-37)22-25-9-5-2-6-10-25)35-31(34-28)39-23-26-11-13-27(14-12-26)30(38)33-16-15-24-7-3-1-4-8-24/h1-14,21H,15-20,22-23H2,(H,33,38). The molecule has 0 saturated carbocycles. The zero-order valence-electron chi connectivity index (χ0n) is 21.8. The van der Waals surface area contributed by atoms with E-state index in [-0.39, 0.29) is 5.91 Å². The molecule has 1 amide bonds. The lowest BCUT2D eigenvalue weighted by atomic mass is 10.1. The van der Waals surface area contributed by atoms with Crippen molar-refractivity contribution in [2.75, 3.05) is 37.6 Å². The quantitative estimate of drug-likeness (QED) is 0.153. The van der Waals surface area contributed by atoms with Gasteiger partial charge >= 0.3 is 0 Å². The van der Waals surface area contributed by atoms with Crippen molar-refractivity contribution in [2.45, 2.75) is 23.9 Å². The summed E-state index contributed by atoms with van der Waals surface area (Å²) in [5.41, 5.74) is 4.30. The zero-order chi connectivity index (χ0) is 26.9. The first-order valence-electron chi connectivity index (χ1n) is 13.2. The van der Waals surface area contributed by atoms with Crippen LogP contribution in [0.25, 0.3) is 0 Å². The van der Waals surface area contributed by atoms with Crippen molar-refractivity contribution in [3.8, 4) is 0 Å². The van der Waals surface area contributed by atoms with Crippen LogP contribution >= 0.6 is 23.4 Å². The van der Waals surface area contributed by atoms with E-state index in [2.05, 4.69) is 62.6 Å². The number of halogens is 1. The van der Waals surface area contributed by atoms with Gasteiger partial charge in [-0.25, -0.2) is 9.97 Å². The number of nitrogens with one attached hydrogen (secondary N) is 1. The average molecular weight is 558 g/mol. The van der Waals surface area contributed by atoms with E-state index in [4.69, 9.17) is 16.6 Å². The van der Waals surface area contributed by atoms with Crippen LogP contribution in [-0.4, -0.2) is 53.5 Å². The normalized spacial score (nSPS) is 13.8. The van der Waals surface area contributed by atoms with E-state index < -0.39 is 0 Å². The number of rotatable bonds is 10. The molecular weight excluding hydrogens is 526 g/mol. The van der Waals surface area contributed by atoms with Crippen molar-refractivity contribution in [3.63, 3.8) is 0 Å². The lowest BCUT2D eigenvalue weighted by Gasteiger charge is -2.35. The Morgan fingerprint density at radius 2 is 1.49 bits per heavy atom. The molecule has 0 atom stereocenters. The van der Waals surface area contributed by atoms with Crippen LogP contribution in [0.2, 0.25) is 5.15 Å². The first-order valence-corrected chi connectivity index (χ1v) is 14.6. The largest absolute Gasteiger partial charge is 0.354 e. The third kappa shape index (κ3) is 8.05. The summed E-state index contributed by atoms with van der Waals surface area (Å²) in [5.74, 6) is 1.51. The van der Waals surface area contributed by atoms with Gasteiger partial charge in [0, 0.05) is 56.7 Å². The summed E-state index contributed by atoms with van der Waals surface area (Å²) >= 11 is 7.93. The van der Waals surface area contributed by atoms with Gasteiger partial charge in [-0.1, -0.05) is 96.2 Å². The molecule has 8 heteroatoms. The summed E-state index contributed by atoms with van der Waals surface area (Å²) in [6.45, 7) is 5.33. The zero-order valence-corrected chi connectivity index (χ0v) is 23.4. The van der Waals surface area contributed by atoms with E-state index in [0.29, 0.717) is 28.2 Å². The molecule has 1 N–H and O–H groups in total. The molecule has 1 aromatic heterocycles. The number of amides is 1. The van der Waals surface area contributed by atoms with Crippen molar-refractivity contribution in [3.05, 3.63) is 118 Å². The van der Waals surface area contributed by atoms with Gasteiger partial charge in [0.25, 0.3) is 5.91 Å². The first-order chi connectivity index (χ1) is 19.1. The number of carbonyl (C=O) groups excluding carboxylic acids is 1. The van der Waals surface area contributed by atoms with E-state index in [9.17, 15) is 4.79 Å². The number of anilines is 1. The molecule has 1 fully saturated rings. The highest BCUT2D eigenvalue weighted by Crippen LogP contribution is 2.25. The molecule has 0 aliphatic carbocycles. The van der Waals surface area contributed by atoms with Crippen LogP contribution < -0.4 is 10.2 Å². The summed E-state index contributed by atoms with van der Waals surface area (Å²) in [4.78, 5) is 26.5. The number of nitrogens with zero attached hydrogens (tertiary/aromatic N) is 4. The number of benzene rings is 3. The minimum atomic E-state index is -0.0585. The number of thioether (sulfide) groups is 1. The summed E-state index contributed by atoms with van der Waals surface area (Å²) < 4.78 is 0. The fraction of sp³-hybridized carbons (Fsp3) is 0.258. The van der Waals surface area contributed by atoms with Crippen LogP contribution in [0.3, 0.4) is 0 Å². The molecule has 0 unspecified atom stereocenters. The molecule has 3 aromatic carbocycles. The van der Waals surface area contributed by atoms with Gasteiger partial charge in [0.05, 0.1) is 0 Å². The SMILES string of the molecule is O=C(NCCc1ccccc1)c1ccc(CSc2nc(Cl)cc(N3CCN(Cc4ccccc4)CC3)n2)cc1. The maximum atomic E-state index is 12.5. The van der Waals surface area contributed by atoms with Gasteiger partial charge in [0.1, 0.15) is 11.0 Å². The maximum Gasteiger partial charge on any atom is 0.251 e. The van der Waals surface area contributed by atoms with Crippen LogP contribution in [0.5, 0.6) is 0 Å². The second-order valence-electron chi connectivity index (χ2n) is 9.56. The van der Waals surface area contributed by atoms with E-state index in [1.807, 2.05) is 48.5 Å². The van der Waals surface area contributed by atoms with Crippen molar-refractivity contribution >= 4 is 35.1 Å². The van der Waals surface area contributed by atoms with Gasteiger partial charge in [-0.05, 0) is 35.2 Å². The maximum absolute atomic E-state index is 12.5. The number of hydrogen-bond donors (Lipinski definition) is 1. The lowest BCUT2D eigenvalue weighted by molar-refractivity contribution is 0.0954. The Hall–Kier alpha value is -3.39. The van der Waals surface area contributed by atoms with Gasteiger partial charge < -0.3 is 10.2 Å². The van der Waals surface area contributed by atoms with E-state index in [1.165, 1.54) is 11.1 Å². The predicted molar refractivity (Wildman–Crippen MR) is 159 cm³/mol. The molecule has 0 spiro atoms. The summed E-state index contributed by atoms with van der Waals surface area (Å²) in [6.07, 6.45) is 0.812. The Labute approximate surface area is 239 Å². The monoisotopic (exact) mass is 557 g/mol. The van der Waals surface area contributed by atoms with E-state index >= 15 is 0 Å². The second kappa shape index (κ2) is 13.6. The minimum Gasteiger partial charge on any atom is -0.354 e. The molecule has 39 heavy (non-hydrogen) atoms. The van der Waals surface area contributed by atoms with Crippen LogP contribution in [-0.2, 0) is 18.7 Å². The Balaban J connectivity index is 1.10. The van der Waals surface area contributed by atoms with E-state index in [1.54, 1.807) is 11.8 Å². The second-order valence-corrected chi connectivity index (χ2v) is 10.9. The fourth-order valence-electron chi connectivity index (χ4n) is 4.56. The summed E-state index contributed by atoms with van der Waals surface area (Å²) in [5, 5.41) is 4.11. The molecule has 4 aromatic rings. The summed E-state index contributed by atoms with van der Waals surface area (Å²) in [7, 11) is 0. The highest BCUT2D eigenvalue weighted by Gasteiger charge is 2.19. The summed E-state index contributed by atoms with van der Waals surface area (Å²) in [6, 6.07) is 30.3. The molecular formula is C31H32ClN5OS. The molecule has 6 nitrogen and oxygen atoms in total. The van der Waals surface area contributed by atoms with Gasteiger partial charge in [-0.2, -0.15) is 0 Å². The van der Waals surface area contributed by atoms with Gasteiger partial charge in [0.15, 0.2) is 5.16 Å². The van der Waals surface area contributed by atoms with Crippen molar-refractivity contribution in [1.29, 1.82) is 0 Å². The Morgan fingerprint density at radius 1 is 0.821 bits per heavy atom. The van der Waals surface area contributed by atoms with Crippen LogP contribution in [0.15, 0.2) is 96.2 Å². The van der Waals surface area contributed by atoms with Crippen molar-refractivity contribution in [2.24, 2.45) is 0 Å². The Bertz CT molecular complexity index is 1350. The molecule has 0 bridgehead atoms. The van der Waals surface area contributed by atoms with Crippen molar-refractivity contribution in [1.82, 2.24) is 20.2 Å². The Kier molecular flexibility index (Phi) is 9.48. The predicted octanol–water partition coefficient (Wildman–Crippen LogP) is 5.72. The van der Waals surface area contributed by atoms with Gasteiger partial charge in [-0.15, -0.1) is 0 Å².